The smallest absolute Gasteiger partial charge is 0.178 e. The van der Waals surface area contributed by atoms with E-state index in [1.807, 2.05) is 54.6 Å². The van der Waals surface area contributed by atoms with Gasteiger partial charge in [0.15, 0.2) is 11.5 Å². The molecule has 0 saturated heterocycles. The molecule has 190 valence electrons. The Morgan fingerprint density at radius 2 is 1.05 bits per heavy atom. The summed E-state index contributed by atoms with van der Waals surface area (Å²) in [4.78, 5) is 23.1. The molecule has 1 N–H and O–H groups in total. The molecule has 0 saturated carbocycles. The van der Waals surface area contributed by atoms with Crippen molar-refractivity contribution in [2.45, 2.75) is 5.41 Å². The van der Waals surface area contributed by atoms with Gasteiger partial charge in [0.05, 0.1) is 22.6 Å². The zero-order chi connectivity index (χ0) is 26.8. The molecule has 0 radical (unpaired) electrons. The standard InChI is InChI=1S/C35H25N5/c1-4-13-25(14-5-1)28-19-10-22-31(37-28)35(26-15-6-2-7-16-26,27-17-8-3-9-18-27)32-23-11-20-30(38-32)34-39-29-21-12-24-36-33(29)40-34/h1-24H,(H,36,39,40). The van der Waals surface area contributed by atoms with E-state index in [0.29, 0.717) is 11.5 Å². The molecule has 0 aliphatic rings. The van der Waals surface area contributed by atoms with Gasteiger partial charge in [-0.3, -0.25) is 4.98 Å². The third-order valence-electron chi connectivity index (χ3n) is 7.25. The average molecular weight is 516 g/mol. The Hall–Kier alpha value is -5.42. The van der Waals surface area contributed by atoms with Crippen LogP contribution in [0.15, 0.2) is 146 Å². The third-order valence-corrected chi connectivity index (χ3v) is 7.25. The number of nitrogens with one attached hydrogen (secondary N) is 1. The van der Waals surface area contributed by atoms with Crippen molar-refractivity contribution >= 4 is 11.2 Å². The van der Waals surface area contributed by atoms with Crippen molar-refractivity contribution < 1.29 is 0 Å². The lowest BCUT2D eigenvalue weighted by molar-refractivity contribution is 0.689. The number of hydrogen-bond donors (Lipinski definition) is 1. The maximum atomic E-state index is 5.31. The maximum Gasteiger partial charge on any atom is 0.178 e. The van der Waals surface area contributed by atoms with E-state index < -0.39 is 5.41 Å². The predicted octanol–water partition coefficient (Wildman–Crippen LogP) is 7.46. The second-order valence-electron chi connectivity index (χ2n) is 9.62. The fraction of sp³-hybridized carbons (Fsp3) is 0.0286. The van der Waals surface area contributed by atoms with Crippen molar-refractivity contribution in [3.8, 4) is 22.8 Å². The first-order valence-corrected chi connectivity index (χ1v) is 13.2. The Labute approximate surface area is 232 Å². The number of pyridine rings is 3. The van der Waals surface area contributed by atoms with E-state index in [-0.39, 0.29) is 0 Å². The predicted molar refractivity (Wildman–Crippen MR) is 159 cm³/mol. The Bertz CT molecular complexity index is 1820. The summed E-state index contributed by atoms with van der Waals surface area (Å²) in [6.07, 6.45) is 1.75. The van der Waals surface area contributed by atoms with Crippen molar-refractivity contribution in [1.29, 1.82) is 0 Å². The average Bonchev–Trinajstić information content (AvgIpc) is 3.48. The SMILES string of the molecule is c1ccc(-c2cccc(C(c3ccccc3)(c3ccccc3)c3cccc(-c4nc5ncccc5[nH]4)n3)n2)cc1. The molecule has 7 aromatic rings. The van der Waals surface area contributed by atoms with Gasteiger partial charge in [-0.05, 0) is 47.5 Å². The second kappa shape index (κ2) is 10.0. The first-order chi connectivity index (χ1) is 19.8. The van der Waals surface area contributed by atoms with Gasteiger partial charge in [0.25, 0.3) is 0 Å². The molecule has 5 nitrogen and oxygen atoms in total. The Morgan fingerprint density at radius 1 is 0.475 bits per heavy atom. The minimum Gasteiger partial charge on any atom is -0.335 e. The largest absolute Gasteiger partial charge is 0.335 e. The molecule has 3 aromatic carbocycles. The topological polar surface area (TPSA) is 67.3 Å². The van der Waals surface area contributed by atoms with Crippen LogP contribution >= 0.6 is 0 Å². The number of benzene rings is 3. The molecule has 0 aliphatic carbocycles. The fourth-order valence-electron chi connectivity index (χ4n) is 5.42. The van der Waals surface area contributed by atoms with Gasteiger partial charge in [0.2, 0.25) is 0 Å². The lowest BCUT2D eigenvalue weighted by Crippen LogP contribution is -2.33. The van der Waals surface area contributed by atoms with Crippen LogP contribution in [0.2, 0.25) is 0 Å². The van der Waals surface area contributed by atoms with Crippen molar-refractivity contribution in [1.82, 2.24) is 24.9 Å². The van der Waals surface area contributed by atoms with Crippen LogP contribution < -0.4 is 0 Å². The number of rotatable bonds is 6. The lowest BCUT2D eigenvalue weighted by atomic mass is 9.69. The molecule has 4 heterocycles. The molecule has 0 aliphatic heterocycles. The van der Waals surface area contributed by atoms with Gasteiger partial charge in [-0.1, -0.05) is 103 Å². The van der Waals surface area contributed by atoms with Crippen molar-refractivity contribution in [2.24, 2.45) is 0 Å². The van der Waals surface area contributed by atoms with Gasteiger partial charge in [-0.2, -0.15) is 0 Å². The highest BCUT2D eigenvalue weighted by Gasteiger charge is 2.41. The van der Waals surface area contributed by atoms with Crippen LogP contribution in [0.25, 0.3) is 33.9 Å². The summed E-state index contributed by atoms with van der Waals surface area (Å²) < 4.78 is 0. The second-order valence-corrected chi connectivity index (χ2v) is 9.62. The number of hydrogen-bond acceptors (Lipinski definition) is 4. The van der Waals surface area contributed by atoms with Gasteiger partial charge in [-0.25, -0.2) is 15.0 Å². The van der Waals surface area contributed by atoms with Crippen LogP contribution in [-0.2, 0) is 5.41 Å². The zero-order valence-corrected chi connectivity index (χ0v) is 21.6. The van der Waals surface area contributed by atoms with E-state index in [0.717, 1.165) is 45.0 Å². The van der Waals surface area contributed by atoms with E-state index in [4.69, 9.17) is 15.0 Å². The molecular formula is C35H25N5. The fourth-order valence-corrected chi connectivity index (χ4v) is 5.42. The van der Waals surface area contributed by atoms with Gasteiger partial charge in [0.1, 0.15) is 11.1 Å². The van der Waals surface area contributed by atoms with Crippen LogP contribution in [0.3, 0.4) is 0 Å². The molecule has 5 heteroatoms. The van der Waals surface area contributed by atoms with Crippen LogP contribution in [0.4, 0.5) is 0 Å². The molecule has 4 aromatic heterocycles. The Morgan fingerprint density at radius 3 is 1.68 bits per heavy atom. The van der Waals surface area contributed by atoms with Gasteiger partial charge in [-0.15, -0.1) is 0 Å². The van der Waals surface area contributed by atoms with Crippen LogP contribution in [-0.4, -0.2) is 24.9 Å². The van der Waals surface area contributed by atoms with E-state index >= 15 is 0 Å². The summed E-state index contributed by atoms with van der Waals surface area (Å²) >= 11 is 0. The Kier molecular flexibility index (Phi) is 5.94. The van der Waals surface area contributed by atoms with Gasteiger partial charge < -0.3 is 4.98 Å². The zero-order valence-electron chi connectivity index (χ0n) is 21.6. The third kappa shape index (κ3) is 4.05. The summed E-state index contributed by atoms with van der Waals surface area (Å²) in [5.74, 6) is 0.677. The highest BCUT2D eigenvalue weighted by atomic mass is 15.0. The monoisotopic (exact) mass is 515 g/mol. The molecule has 0 atom stereocenters. The van der Waals surface area contributed by atoms with E-state index in [1.54, 1.807) is 6.20 Å². The summed E-state index contributed by atoms with van der Waals surface area (Å²) in [5, 5.41) is 0. The minimum atomic E-state index is -0.784. The van der Waals surface area contributed by atoms with E-state index in [1.165, 1.54) is 0 Å². The maximum absolute atomic E-state index is 5.31. The van der Waals surface area contributed by atoms with E-state index in [9.17, 15) is 0 Å². The summed E-state index contributed by atoms with van der Waals surface area (Å²) in [5.41, 5.74) is 7.38. The number of fused-ring (bicyclic) bond motifs is 1. The van der Waals surface area contributed by atoms with Crippen LogP contribution in [0.5, 0.6) is 0 Å². The number of nitrogens with zero attached hydrogens (tertiary/aromatic N) is 4. The first-order valence-electron chi connectivity index (χ1n) is 13.2. The van der Waals surface area contributed by atoms with Crippen molar-refractivity contribution in [3.63, 3.8) is 0 Å². The molecule has 0 spiro atoms. The quantitative estimate of drug-likeness (QED) is 0.250. The van der Waals surface area contributed by atoms with E-state index in [2.05, 4.69) is 94.9 Å². The van der Waals surface area contributed by atoms with Gasteiger partial charge in [0, 0.05) is 11.8 Å². The summed E-state index contributed by atoms with van der Waals surface area (Å²) in [7, 11) is 0. The summed E-state index contributed by atoms with van der Waals surface area (Å²) in [6, 6.07) is 47.5. The highest BCUT2D eigenvalue weighted by Crippen LogP contribution is 2.44. The molecule has 0 bridgehead atoms. The number of imidazole rings is 1. The molecule has 0 fully saturated rings. The van der Waals surface area contributed by atoms with Crippen molar-refractivity contribution in [2.75, 3.05) is 0 Å². The number of H-pyrrole nitrogens is 1. The molecular weight excluding hydrogens is 490 g/mol. The minimum absolute atomic E-state index is 0.666. The number of aromatic nitrogens is 5. The number of aromatic amines is 1. The van der Waals surface area contributed by atoms with Gasteiger partial charge >= 0.3 is 0 Å². The lowest BCUT2D eigenvalue weighted by Gasteiger charge is -2.35. The highest BCUT2D eigenvalue weighted by molar-refractivity contribution is 5.75. The van der Waals surface area contributed by atoms with Crippen LogP contribution in [0.1, 0.15) is 22.5 Å². The molecule has 7 rings (SSSR count). The van der Waals surface area contributed by atoms with Crippen molar-refractivity contribution in [3.05, 3.63) is 168 Å². The van der Waals surface area contributed by atoms with Crippen LogP contribution in [0, 0.1) is 0 Å². The molecule has 0 unspecified atom stereocenters. The Balaban J connectivity index is 1.52. The normalized spacial score (nSPS) is 11.5. The summed E-state index contributed by atoms with van der Waals surface area (Å²) in [6.45, 7) is 0. The first kappa shape index (κ1) is 23.7. The molecule has 0 amide bonds. The molecule has 40 heavy (non-hydrogen) atoms.